The van der Waals surface area contributed by atoms with Gasteiger partial charge in [0.25, 0.3) is 0 Å². The number of nitrogens with zero attached hydrogens (tertiary/aromatic N) is 2. The molecular formula is C9H18N2. The number of likely N-dealkylation sites (N-methyl/N-ethyl adjacent to an activating group) is 1. The first-order valence-corrected chi connectivity index (χ1v) is 4.75. The highest BCUT2D eigenvalue weighted by Gasteiger charge is 2.40. The summed E-state index contributed by atoms with van der Waals surface area (Å²) in [7, 11) is 2.26. The molecule has 0 unspecified atom stereocenters. The standard InChI is InChI=1S/C9H18N2/c1-3-4-11-7-8-5-9(11)6-10(8)2/h8-9H,3-7H2,1-2H3/t8-,9-/m0/s1. The van der Waals surface area contributed by atoms with Crippen molar-refractivity contribution in [1.29, 1.82) is 0 Å². The van der Waals surface area contributed by atoms with Crippen molar-refractivity contribution in [3.63, 3.8) is 0 Å². The zero-order chi connectivity index (χ0) is 7.84. The fourth-order valence-corrected chi connectivity index (χ4v) is 2.51. The fourth-order valence-electron chi connectivity index (χ4n) is 2.51. The van der Waals surface area contributed by atoms with Gasteiger partial charge in [0.15, 0.2) is 0 Å². The van der Waals surface area contributed by atoms with Gasteiger partial charge < -0.3 is 4.90 Å². The summed E-state index contributed by atoms with van der Waals surface area (Å²) in [4.78, 5) is 5.17. The third kappa shape index (κ3) is 1.18. The monoisotopic (exact) mass is 154 g/mol. The van der Waals surface area contributed by atoms with E-state index in [2.05, 4.69) is 23.8 Å². The maximum atomic E-state index is 2.66. The molecule has 2 aliphatic heterocycles. The Bertz CT molecular complexity index is 144. The molecule has 0 saturated carbocycles. The van der Waals surface area contributed by atoms with Crippen LogP contribution < -0.4 is 0 Å². The van der Waals surface area contributed by atoms with Gasteiger partial charge in [0.05, 0.1) is 0 Å². The number of hydrogen-bond donors (Lipinski definition) is 0. The van der Waals surface area contributed by atoms with Crippen molar-refractivity contribution in [1.82, 2.24) is 9.80 Å². The van der Waals surface area contributed by atoms with Crippen molar-refractivity contribution in [2.45, 2.75) is 31.8 Å². The van der Waals surface area contributed by atoms with Crippen LogP contribution in [0.4, 0.5) is 0 Å². The molecule has 0 amide bonds. The highest BCUT2D eigenvalue weighted by atomic mass is 15.3. The summed E-state index contributed by atoms with van der Waals surface area (Å²) in [6, 6.07) is 1.77. The van der Waals surface area contributed by atoms with E-state index in [4.69, 9.17) is 0 Å². The molecule has 2 nitrogen and oxygen atoms in total. The quantitative estimate of drug-likeness (QED) is 0.580. The SMILES string of the molecule is CCCN1C[C@@H]2C[C@H]1CN2C. The van der Waals surface area contributed by atoms with Crippen LogP contribution in [0.1, 0.15) is 19.8 Å². The minimum absolute atomic E-state index is 0.881. The summed E-state index contributed by atoms with van der Waals surface area (Å²) in [5, 5.41) is 0. The van der Waals surface area contributed by atoms with Gasteiger partial charge in [-0.2, -0.15) is 0 Å². The second-order valence-corrected chi connectivity index (χ2v) is 3.98. The molecule has 2 atom stereocenters. The molecule has 0 N–H and O–H groups in total. The van der Waals surface area contributed by atoms with Gasteiger partial charge in [-0.05, 0) is 26.4 Å². The smallest absolute Gasteiger partial charge is 0.0239 e. The lowest BCUT2D eigenvalue weighted by Crippen LogP contribution is -2.44. The lowest BCUT2D eigenvalue weighted by molar-refractivity contribution is 0.150. The van der Waals surface area contributed by atoms with Gasteiger partial charge >= 0.3 is 0 Å². The Kier molecular flexibility index (Phi) is 1.90. The lowest BCUT2D eigenvalue weighted by Gasteiger charge is -2.31. The molecule has 2 heterocycles. The highest BCUT2D eigenvalue weighted by molar-refractivity contribution is 4.97. The van der Waals surface area contributed by atoms with Crippen molar-refractivity contribution >= 4 is 0 Å². The molecule has 2 saturated heterocycles. The van der Waals surface area contributed by atoms with E-state index in [-0.39, 0.29) is 0 Å². The second-order valence-electron chi connectivity index (χ2n) is 3.98. The molecule has 2 heteroatoms. The minimum atomic E-state index is 0.881. The molecule has 0 aromatic carbocycles. The van der Waals surface area contributed by atoms with Gasteiger partial charge in [-0.1, -0.05) is 6.92 Å². The summed E-state index contributed by atoms with van der Waals surface area (Å²) in [5.74, 6) is 0. The average Bonchev–Trinajstić information content (AvgIpc) is 2.47. The van der Waals surface area contributed by atoms with Crippen LogP contribution in [-0.4, -0.2) is 48.6 Å². The molecule has 64 valence electrons. The molecule has 2 rings (SSSR count). The Morgan fingerprint density at radius 2 is 2.09 bits per heavy atom. The topological polar surface area (TPSA) is 6.48 Å². The van der Waals surface area contributed by atoms with E-state index in [9.17, 15) is 0 Å². The fraction of sp³-hybridized carbons (Fsp3) is 1.00. The zero-order valence-electron chi connectivity index (χ0n) is 7.58. The molecule has 2 fully saturated rings. The zero-order valence-corrected chi connectivity index (χ0v) is 7.58. The van der Waals surface area contributed by atoms with E-state index in [1.54, 1.807) is 0 Å². The number of hydrogen-bond acceptors (Lipinski definition) is 2. The summed E-state index contributed by atoms with van der Waals surface area (Å²) in [5.41, 5.74) is 0. The van der Waals surface area contributed by atoms with Crippen molar-refractivity contribution in [2.75, 3.05) is 26.7 Å². The van der Waals surface area contributed by atoms with Crippen LogP contribution in [0.5, 0.6) is 0 Å². The van der Waals surface area contributed by atoms with Crippen LogP contribution in [0.3, 0.4) is 0 Å². The molecule has 0 aromatic rings. The molecule has 11 heavy (non-hydrogen) atoms. The van der Waals surface area contributed by atoms with E-state index >= 15 is 0 Å². The van der Waals surface area contributed by atoms with Gasteiger partial charge in [-0.3, -0.25) is 4.90 Å². The van der Waals surface area contributed by atoms with E-state index < -0.39 is 0 Å². The van der Waals surface area contributed by atoms with E-state index in [1.165, 1.54) is 32.5 Å². The highest BCUT2D eigenvalue weighted by Crippen LogP contribution is 2.28. The van der Waals surface area contributed by atoms with Gasteiger partial charge in [0, 0.05) is 25.2 Å². The summed E-state index contributed by atoms with van der Waals surface area (Å²) < 4.78 is 0. The van der Waals surface area contributed by atoms with Gasteiger partial charge in [0.1, 0.15) is 0 Å². The van der Waals surface area contributed by atoms with Crippen molar-refractivity contribution in [3.05, 3.63) is 0 Å². The Morgan fingerprint density at radius 1 is 1.27 bits per heavy atom. The number of piperazine rings is 1. The molecule has 0 aromatic heterocycles. The predicted octanol–water partition coefficient (Wildman–Crippen LogP) is 0.785. The Morgan fingerprint density at radius 3 is 2.55 bits per heavy atom. The molecule has 0 spiro atoms. The van der Waals surface area contributed by atoms with Crippen LogP contribution in [0, 0.1) is 0 Å². The van der Waals surface area contributed by atoms with Gasteiger partial charge in [-0.25, -0.2) is 0 Å². The van der Waals surface area contributed by atoms with Crippen LogP contribution in [-0.2, 0) is 0 Å². The molecule has 0 radical (unpaired) electrons. The molecule has 2 bridgehead atoms. The number of fused-ring (bicyclic) bond motifs is 2. The Hall–Kier alpha value is -0.0800. The van der Waals surface area contributed by atoms with Crippen LogP contribution >= 0.6 is 0 Å². The van der Waals surface area contributed by atoms with E-state index in [0.717, 1.165) is 12.1 Å². The van der Waals surface area contributed by atoms with Gasteiger partial charge in [-0.15, -0.1) is 0 Å². The normalized spacial score (nSPS) is 38.7. The molecule has 0 aliphatic carbocycles. The third-order valence-corrected chi connectivity index (χ3v) is 3.14. The van der Waals surface area contributed by atoms with E-state index in [1.807, 2.05) is 0 Å². The number of rotatable bonds is 2. The maximum absolute atomic E-state index is 2.66. The van der Waals surface area contributed by atoms with Crippen LogP contribution in [0.25, 0.3) is 0 Å². The summed E-state index contributed by atoms with van der Waals surface area (Å²) in [6.45, 7) is 6.23. The third-order valence-electron chi connectivity index (χ3n) is 3.14. The largest absolute Gasteiger partial charge is 0.301 e. The van der Waals surface area contributed by atoms with Crippen molar-refractivity contribution in [2.24, 2.45) is 0 Å². The minimum Gasteiger partial charge on any atom is -0.301 e. The molecular weight excluding hydrogens is 136 g/mol. The summed E-state index contributed by atoms with van der Waals surface area (Å²) >= 11 is 0. The average molecular weight is 154 g/mol. The second kappa shape index (κ2) is 2.76. The predicted molar refractivity (Wildman–Crippen MR) is 46.7 cm³/mol. The maximum Gasteiger partial charge on any atom is 0.0239 e. The summed E-state index contributed by atoms with van der Waals surface area (Å²) in [6.07, 6.45) is 2.74. The van der Waals surface area contributed by atoms with Crippen molar-refractivity contribution in [3.8, 4) is 0 Å². The first-order chi connectivity index (χ1) is 5.31. The Balaban J connectivity index is 1.92. The van der Waals surface area contributed by atoms with Gasteiger partial charge in [0.2, 0.25) is 0 Å². The first kappa shape index (κ1) is 7.56. The lowest BCUT2D eigenvalue weighted by atomic mass is 10.2. The molecule has 2 aliphatic rings. The Labute approximate surface area is 69.2 Å². The first-order valence-electron chi connectivity index (χ1n) is 4.75. The van der Waals surface area contributed by atoms with Crippen molar-refractivity contribution < 1.29 is 0 Å². The van der Waals surface area contributed by atoms with E-state index in [0.29, 0.717) is 0 Å². The van der Waals surface area contributed by atoms with Crippen LogP contribution in [0.2, 0.25) is 0 Å². The number of likely N-dealkylation sites (tertiary alicyclic amines) is 2. The van der Waals surface area contributed by atoms with Crippen LogP contribution in [0.15, 0.2) is 0 Å².